The number of carbonyl (C=O) groups excluding carboxylic acids is 1. The topological polar surface area (TPSA) is 73.7 Å². The van der Waals surface area contributed by atoms with Crippen molar-refractivity contribution in [3.8, 4) is 11.4 Å². The molecule has 1 aromatic heterocycles. The Morgan fingerprint density at radius 3 is 2.58 bits per heavy atom. The van der Waals surface area contributed by atoms with Crippen LogP contribution in [-0.2, 0) is 9.53 Å². The van der Waals surface area contributed by atoms with Crippen LogP contribution in [0.15, 0.2) is 58.5 Å². The summed E-state index contributed by atoms with van der Waals surface area (Å²) in [6.07, 6.45) is 0. The highest BCUT2D eigenvalue weighted by Crippen LogP contribution is 2.27. The molecule has 1 unspecified atom stereocenters. The molecular formula is C23H25N3O4S. The number of para-hydroxylation sites is 1. The fraction of sp³-hybridized carbons (Fsp3) is 0.348. The van der Waals surface area contributed by atoms with Gasteiger partial charge in [0.05, 0.1) is 41.7 Å². The number of ether oxygens (including phenoxy) is 2. The van der Waals surface area contributed by atoms with Gasteiger partial charge >= 0.3 is 0 Å². The number of amides is 1. The van der Waals surface area contributed by atoms with Crippen LogP contribution < -0.4 is 10.3 Å². The van der Waals surface area contributed by atoms with Crippen LogP contribution in [0.3, 0.4) is 0 Å². The van der Waals surface area contributed by atoms with Crippen LogP contribution in [-0.4, -0.2) is 58.5 Å². The molecule has 0 saturated carbocycles. The second-order valence-electron chi connectivity index (χ2n) is 7.18. The average Bonchev–Trinajstić information content (AvgIpc) is 2.80. The van der Waals surface area contributed by atoms with Crippen LogP contribution in [0.25, 0.3) is 16.6 Å². The largest absolute Gasteiger partial charge is 0.494 e. The van der Waals surface area contributed by atoms with E-state index in [0.29, 0.717) is 54.7 Å². The first-order valence-electron chi connectivity index (χ1n) is 10.4. The maximum Gasteiger partial charge on any atom is 0.266 e. The molecule has 0 radical (unpaired) electrons. The van der Waals surface area contributed by atoms with Gasteiger partial charge in [-0.3, -0.25) is 14.2 Å². The molecule has 1 fully saturated rings. The monoisotopic (exact) mass is 439 g/mol. The van der Waals surface area contributed by atoms with Crippen molar-refractivity contribution >= 4 is 28.6 Å². The summed E-state index contributed by atoms with van der Waals surface area (Å²) in [5, 5.41) is 0.634. The lowest BCUT2D eigenvalue weighted by Gasteiger charge is -2.29. The number of hydrogen-bond donors (Lipinski definition) is 0. The standard InChI is InChI=1S/C23H25N3O4S/c1-3-30-18-10-8-17(9-11-18)26-22(28)19-6-4-5-7-20(19)24-23(26)31-16(2)21(27)25-12-14-29-15-13-25/h4-11,16H,3,12-15H2,1-2H3. The number of hydrogen-bond acceptors (Lipinski definition) is 6. The molecule has 0 bridgehead atoms. The lowest BCUT2D eigenvalue weighted by atomic mass is 10.2. The lowest BCUT2D eigenvalue weighted by molar-refractivity contribution is -0.134. The molecule has 2 heterocycles. The van der Waals surface area contributed by atoms with Crippen LogP contribution in [0, 0.1) is 0 Å². The quantitative estimate of drug-likeness (QED) is 0.434. The average molecular weight is 440 g/mol. The Morgan fingerprint density at radius 2 is 1.87 bits per heavy atom. The molecule has 1 saturated heterocycles. The van der Waals surface area contributed by atoms with E-state index in [1.165, 1.54) is 11.8 Å². The summed E-state index contributed by atoms with van der Waals surface area (Å²) >= 11 is 1.30. The highest BCUT2D eigenvalue weighted by molar-refractivity contribution is 8.00. The normalized spacial score (nSPS) is 15.1. The van der Waals surface area contributed by atoms with Crippen molar-refractivity contribution in [3.05, 3.63) is 58.9 Å². The fourth-order valence-electron chi connectivity index (χ4n) is 3.53. The maximum atomic E-state index is 13.4. The summed E-state index contributed by atoms with van der Waals surface area (Å²) in [6.45, 7) is 6.61. The molecule has 1 amide bonds. The summed E-state index contributed by atoms with van der Waals surface area (Å²) in [7, 11) is 0. The first-order chi connectivity index (χ1) is 15.1. The zero-order valence-corrected chi connectivity index (χ0v) is 18.4. The van der Waals surface area contributed by atoms with Crippen LogP contribution in [0.5, 0.6) is 5.75 Å². The Labute approximate surface area is 185 Å². The van der Waals surface area contributed by atoms with E-state index in [1.54, 1.807) is 10.6 Å². The van der Waals surface area contributed by atoms with E-state index in [0.717, 1.165) is 5.75 Å². The molecule has 162 valence electrons. The van der Waals surface area contributed by atoms with Crippen LogP contribution >= 0.6 is 11.8 Å². The summed E-state index contributed by atoms with van der Waals surface area (Å²) < 4.78 is 12.4. The maximum absolute atomic E-state index is 13.4. The van der Waals surface area contributed by atoms with Gasteiger partial charge in [0, 0.05) is 13.1 Å². The van der Waals surface area contributed by atoms with Gasteiger partial charge < -0.3 is 14.4 Å². The second-order valence-corrected chi connectivity index (χ2v) is 8.48. The fourth-order valence-corrected chi connectivity index (χ4v) is 4.54. The second kappa shape index (κ2) is 9.53. The summed E-state index contributed by atoms with van der Waals surface area (Å²) in [4.78, 5) is 32.9. The highest BCUT2D eigenvalue weighted by Gasteiger charge is 2.25. The van der Waals surface area contributed by atoms with Gasteiger partial charge in [-0.1, -0.05) is 23.9 Å². The van der Waals surface area contributed by atoms with E-state index in [1.807, 2.05) is 61.2 Å². The number of nitrogens with zero attached hydrogens (tertiary/aromatic N) is 3. The minimum absolute atomic E-state index is 0.0222. The lowest BCUT2D eigenvalue weighted by Crippen LogP contribution is -2.44. The highest BCUT2D eigenvalue weighted by atomic mass is 32.2. The van der Waals surface area contributed by atoms with Crippen LogP contribution in [0.4, 0.5) is 0 Å². The third-order valence-corrected chi connectivity index (χ3v) is 6.14. The molecule has 3 aromatic rings. The minimum Gasteiger partial charge on any atom is -0.494 e. The Hall–Kier alpha value is -2.84. The Kier molecular flexibility index (Phi) is 6.58. The summed E-state index contributed by atoms with van der Waals surface area (Å²) in [5.74, 6) is 0.757. The predicted octanol–water partition coefficient (Wildman–Crippen LogP) is 3.12. The molecule has 1 aliphatic rings. The molecule has 8 heteroatoms. The van der Waals surface area contributed by atoms with Crippen LogP contribution in [0.1, 0.15) is 13.8 Å². The van der Waals surface area contributed by atoms with E-state index >= 15 is 0 Å². The van der Waals surface area contributed by atoms with Gasteiger partial charge in [0.15, 0.2) is 5.16 Å². The van der Waals surface area contributed by atoms with Crippen molar-refractivity contribution in [2.45, 2.75) is 24.3 Å². The molecule has 0 aliphatic carbocycles. The Balaban J connectivity index is 1.73. The van der Waals surface area contributed by atoms with Gasteiger partial charge in [0.2, 0.25) is 5.91 Å². The first kappa shape index (κ1) is 21.4. The third-order valence-electron chi connectivity index (χ3n) is 5.10. The van der Waals surface area contributed by atoms with E-state index in [2.05, 4.69) is 0 Å². The zero-order chi connectivity index (χ0) is 21.8. The van der Waals surface area contributed by atoms with Crippen molar-refractivity contribution in [2.75, 3.05) is 32.9 Å². The van der Waals surface area contributed by atoms with E-state index in [9.17, 15) is 9.59 Å². The first-order valence-corrected chi connectivity index (χ1v) is 11.2. The minimum atomic E-state index is -0.389. The van der Waals surface area contributed by atoms with Gasteiger partial charge in [-0.05, 0) is 50.2 Å². The van der Waals surface area contributed by atoms with Crippen molar-refractivity contribution < 1.29 is 14.3 Å². The van der Waals surface area contributed by atoms with Gasteiger partial charge in [-0.2, -0.15) is 0 Å². The van der Waals surface area contributed by atoms with Gasteiger partial charge in [-0.25, -0.2) is 4.98 Å². The van der Waals surface area contributed by atoms with Crippen molar-refractivity contribution in [2.24, 2.45) is 0 Å². The number of carbonyl (C=O) groups is 1. The van der Waals surface area contributed by atoms with Gasteiger partial charge in [0.25, 0.3) is 5.56 Å². The number of rotatable bonds is 6. The molecular weight excluding hydrogens is 414 g/mol. The third kappa shape index (κ3) is 4.60. The van der Waals surface area contributed by atoms with E-state index in [4.69, 9.17) is 14.5 Å². The predicted molar refractivity (Wildman–Crippen MR) is 121 cm³/mol. The molecule has 0 spiro atoms. The summed E-state index contributed by atoms with van der Waals surface area (Å²) in [5.41, 5.74) is 1.13. The zero-order valence-electron chi connectivity index (χ0n) is 17.6. The SMILES string of the molecule is CCOc1ccc(-n2c(SC(C)C(=O)N3CCOCC3)nc3ccccc3c2=O)cc1. The molecule has 7 nitrogen and oxygen atoms in total. The molecule has 1 aliphatic heterocycles. The molecule has 31 heavy (non-hydrogen) atoms. The van der Waals surface area contributed by atoms with E-state index in [-0.39, 0.29) is 16.7 Å². The van der Waals surface area contributed by atoms with Gasteiger partial charge in [0.1, 0.15) is 5.75 Å². The van der Waals surface area contributed by atoms with Crippen molar-refractivity contribution in [1.29, 1.82) is 0 Å². The number of morpholine rings is 1. The molecule has 2 aromatic carbocycles. The van der Waals surface area contributed by atoms with Crippen molar-refractivity contribution in [3.63, 3.8) is 0 Å². The number of fused-ring (bicyclic) bond motifs is 1. The smallest absolute Gasteiger partial charge is 0.266 e. The number of aromatic nitrogens is 2. The Bertz CT molecular complexity index is 1120. The number of benzene rings is 2. The van der Waals surface area contributed by atoms with E-state index < -0.39 is 0 Å². The van der Waals surface area contributed by atoms with Crippen LogP contribution in [0.2, 0.25) is 0 Å². The molecule has 1 atom stereocenters. The Morgan fingerprint density at radius 1 is 1.16 bits per heavy atom. The van der Waals surface area contributed by atoms with Crippen molar-refractivity contribution in [1.82, 2.24) is 14.5 Å². The number of thioether (sulfide) groups is 1. The molecule has 4 rings (SSSR count). The van der Waals surface area contributed by atoms with Gasteiger partial charge in [-0.15, -0.1) is 0 Å². The molecule has 0 N–H and O–H groups in total. The summed E-state index contributed by atoms with van der Waals surface area (Å²) in [6, 6.07) is 14.6.